The molecule has 7 heteroatoms. The number of nitrogens with zero attached hydrogens (tertiary/aromatic N) is 2. The van der Waals surface area contributed by atoms with Crippen molar-refractivity contribution in [1.82, 2.24) is 10.2 Å². The van der Waals surface area contributed by atoms with Crippen LogP contribution >= 0.6 is 0 Å². The average molecular weight is 294 g/mol. The predicted molar refractivity (Wildman–Crippen MR) is 71.4 cm³/mol. The van der Waals surface area contributed by atoms with E-state index in [1.807, 2.05) is 0 Å². The van der Waals surface area contributed by atoms with Gasteiger partial charge in [-0.3, -0.25) is 4.79 Å². The lowest BCUT2D eigenvalue weighted by molar-refractivity contribution is -0.137. The fourth-order valence-electron chi connectivity index (χ4n) is 1.81. The lowest BCUT2D eigenvalue weighted by atomic mass is 10.2. The molecule has 0 aliphatic carbocycles. The average Bonchev–Trinajstić information content (AvgIpc) is 2.91. The zero-order chi connectivity index (χ0) is 15.2. The van der Waals surface area contributed by atoms with Gasteiger partial charge < -0.3 is 14.3 Å². The maximum atomic E-state index is 13.9. The van der Waals surface area contributed by atoms with Crippen LogP contribution in [0.2, 0.25) is 0 Å². The van der Waals surface area contributed by atoms with E-state index < -0.39 is 11.8 Å². The Morgan fingerprint density at radius 1 is 1.38 bits per heavy atom. The number of benzene rings is 1. The summed E-state index contributed by atoms with van der Waals surface area (Å²) < 4.78 is 24.2. The van der Waals surface area contributed by atoms with E-state index in [-0.39, 0.29) is 17.9 Å². The molecule has 112 valence electrons. The molecule has 0 saturated heterocycles. The largest absolute Gasteiger partial charge is 0.497 e. The van der Waals surface area contributed by atoms with Crippen molar-refractivity contribution in [1.29, 1.82) is 0 Å². The van der Waals surface area contributed by atoms with Gasteiger partial charge in [-0.25, -0.2) is 4.39 Å². The number of halogens is 1. The summed E-state index contributed by atoms with van der Waals surface area (Å²) in [4.78, 5) is 10.4. The van der Waals surface area contributed by atoms with Gasteiger partial charge in [-0.2, -0.15) is 0 Å². The van der Waals surface area contributed by atoms with Crippen molar-refractivity contribution in [2.24, 2.45) is 0 Å². The molecule has 1 aromatic carbocycles. The molecule has 0 amide bonds. The van der Waals surface area contributed by atoms with Crippen molar-refractivity contribution in [2.45, 2.75) is 25.7 Å². The quantitative estimate of drug-likeness (QED) is 0.790. The molecule has 1 N–H and O–H groups in total. The SMILES string of the molecule is COc1ccc(-c2nnc(CCCCC(=O)O)o2)c(F)c1. The normalized spacial score (nSPS) is 10.6. The number of aromatic nitrogens is 2. The van der Waals surface area contributed by atoms with E-state index in [0.717, 1.165) is 0 Å². The molecule has 0 unspecified atom stereocenters. The summed E-state index contributed by atoms with van der Waals surface area (Å²) in [7, 11) is 1.45. The van der Waals surface area contributed by atoms with Crippen LogP contribution in [0.1, 0.15) is 25.2 Å². The third kappa shape index (κ3) is 4.01. The Labute approximate surface area is 120 Å². The molecule has 1 aromatic heterocycles. The van der Waals surface area contributed by atoms with Gasteiger partial charge in [0.05, 0.1) is 12.7 Å². The number of methoxy groups -OCH3 is 1. The standard InChI is InChI=1S/C14H15FN2O4/c1-20-9-6-7-10(11(15)8-9)14-17-16-12(21-14)4-2-3-5-13(18)19/h6-8H,2-5H2,1H3,(H,18,19). The van der Waals surface area contributed by atoms with E-state index in [1.165, 1.54) is 19.2 Å². The van der Waals surface area contributed by atoms with Gasteiger partial charge in [-0.15, -0.1) is 10.2 Å². The first-order chi connectivity index (χ1) is 10.1. The van der Waals surface area contributed by atoms with Crippen LogP contribution in [-0.4, -0.2) is 28.4 Å². The molecule has 6 nitrogen and oxygen atoms in total. The van der Waals surface area contributed by atoms with Gasteiger partial charge in [0.1, 0.15) is 11.6 Å². The monoisotopic (exact) mass is 294 g/mol. The first kappa shape index (κ1) is 15.0. The fraction of sp³-hybridized carbons (Fsp3) is 0.357. The van der Waals surface area contributed by atoms with E-state index in [4.69, 9.17) is 14.3 Å². The molecule has 0 spiro atoms. The Hall–Kier alpha value is -2.44. The van der Waals surface area contributed by atoms with Gasteiger partial charge >= 0.3 is 5.97 Å². The lowest BCUT2D eigenvalue weighted by Gasteiger charge is -2.01. The second-order valence-electron chi connectivity index (χ2n) is 4.45. The Morgan fingerprint density at radius 2 is 2.19 bits per heavy atom. The summed E-state index contributed by atoms with van der Waals surface area (Å²) in [5.41, 5.74) is 0.208. The van der Waals surface area contributed by atoms with E-state index >= 15 is 0 Å². The number of hydrogen-bond acceptors (Lipinski definition) is 5. The zero-order valence-electron chi connectivity index (χ0n) is 11.5. The first-order valence-electron chi connectivity index (χ1n) is 6.48. The summed E-state index contributed by atoms with van der Waals surface area (Å²) >= 11 is 0. The molecule has 0 aliphatic rings. The van der Waals surface area contributed by atoms with Crippen LogP contribution in [0.4, 0.5) is 4.39 Å². The van der Waals surface area contributed by atoms with Gasteiger partial charge in [-0.1, -0.05) is 0 Å². The molecule has 0 saturated carbocycles. The van der Waals surface area contributed by atoms with Gasteiger partial charge in [0.15, 0.2) is 0 Å². The Bertz CT molecular complexity index is 627. The highest BCUT2D eigenvalue weighted by Gasteiger charge is 2.13. The number of carbonyl (C=O) groups is 1. The molecule has 0 bridgehead atoms. The summed E-state index contributed by atoms with van der Waals surface area (Å²) in [5, 5.41) is 16.2. The number of aryl methyl sites for hydroxylation is 1. The molecule has 0 aliphatic heterocycles. The van der Waals surface area contributed by atoms with Crippen molar-refractivity contribution < 1.29 is 23.4 Å². The van der Waals surface area contributed by atoms with E-state index in [9.17, 15) is 9.18 Å². The number of rotatable bonds is 7. The molecule has 1 heterocycles. The maximum absolute atomic E-state index is 13.9. The summed E-state index contributed by atoms with van der Waals surface area (Å²) in [5.74, 6) is -0.462. The van der Waals surface area contributed by atoms with Crippen molar-refractivity contribution in [3.63, 3.8) is 0 Å². The Morgan fingerprint density at radius 3 is 2.86 bits per heavy atom. The number of aliphatic carboxylic acids is 1. The number of unbranched alkanes of at least 4 members (excludes halogenated alkanes) is 1. The molecule has 0 atom stereocenters. The van der Waals surface area contributed by atoms with Gasteiger partial charge in [0.25, 0.3) is 5.89 Å². The minimum atomic E-state index is -0.832. The molecule has 2 rings (SSSR count). The Kier molecular flexibility index (Phi) is 4.86. The third-order valence-electron chi connectivity index (χ3n) is 2.90. The van der Waals surface area contributed by atoms with Crippen molar-refractivity contribution in [3.8, 4) is 17.2 Å². The second-order valence-corrected chi connectivity index (χ2v) is 4.45. The van der Waals surface area contributed by atoms with Crippen molar-refractivity contribution >= 4 is 5.97 Å². The van der Waals surface area contributed by atoms with E-state index in [1.54, 1.807) is 6.07 Å². The second kappa shape index (κ2) is 6.83. The van der Waals surface area contributed by atoms with Crippen molar-refractivity contribution in [3.05, 3.63) is 29.9 Å². The highest BCUT2D eigenvalue weighted by molar-refractivity contribution is 5.66. The zero-order valence-corrected chi connectivity index (χ0v) is 11.5. The number of ether oxygens (including phenoxy) is 1. The molecular weight excluding hydrogens is 279 g/mol. The minimum absolute atomic E-state index is 0.100. The van der Waals surface area contributed by atoms with E-state index in [0.29, 0.717) is 30.9 Å². The number of hydrogen-bond donors (Lipinski definition) is 1. The minimum Gasteiger partial charge on any atom is -0.497 e. The van der Waals surface area contributed by atoms with Crippen LogP contribution in [0.3, 0.4) is 0 Å². The van der Waals surface area contributed by atoms with Gasteiger partial charge in [0, 0.05) is 18.9 Å². The van der Waals surface area contributed by atoms with Crippen LogP contribution in [-0.2, 0) is 11.2 Å². The van der Waals surface area contributed by atoms with Crippen LogP contribution < -0.4 is 4.74 Å². The predicted octanol–water partition coefficient (Wildman–Crippen LogP) is 2.68. The summed E-state index contributed by atoms with van der Waals surface area (Å²) in [6.45, 7) is 0. The van der Waals surface area contributed by atoms with Crippen LogP contribution in [0.5, 0.6) is 5.75 Å². The number of carboxylic acids is 1. The first-order valence-corrected chi connectivity index (χ1v) is 6.48. The summed E-state index contributed by atoms with van der Waals surface area (Å²) in [6, 6.07) is 4.36. The highest BCUT2D eigenvalue weighted by atomic mass is 19.1. The molecule has 0 radical (unpaired) electrons. The lowest BCUT2D eigenvalue weighted by Crippen LogP contribution is -1.95. The molecule has 21 heavy (non-hydrogen) atoms. The molecular formula is C14H15FN2O4. The van der Waals surface area contributed by atoms with Gasteiger partial charge in [0.2, 0.25) is 5.89 Å². The highest BCUT2D eigenvalue weighted by Crippen LogP contribution is 2.25. The maximum Gasteiger partial charge on any atom is 0.303 e. The molecule has 2 aromatic rings. The van der Waals surface area contributed by atoms with Crippen molar-refractivity contribution in [2.75, 3.05) is 7.11 Å². The summed E-state index contributed by atoms with van der Waals surface area (Å²) in [6.07, 6.45) is 1.73. The molecule has 0 fully saturated rings. The van der Waals surface area contributed by atoms with Crippen LogP contribution in [0.25, 0.3) is 11.5 Å². The van der Waals surface area contributed by atoms with Crippen LogP contribution in [0.15, 0.2) is 22.6 Å². The topological polar surface area (TPSA) is 85.5 Å². The van der Waals surface area contributed by atoms with Crippen LogP contribution in [0, 0.1) is 5.82 Å². The van der Waals surface area contributed by atoms with Gasteiger partial charge in [-0.05, 0) is 25.0 Å². The Balaban J connectivity index is 2.01. The smallest absolute Gasteiger partial charge is 0.303 e. The third-order valence-corrected chi connectivity index (χ3v) is 2.90. The van der Waals surface area contributed by atoms with E-state index in [2.05, 4.69) is 10.2 Å². The number of carboxylic acid groups (broad SMARTS) is 1. The fourth-order valence-corrected chi connectivity index (χ4v) is 1.81.